The molecule has 0 bridgehead atoms. The standard InChI is InChI=1S/C22H22BrClN2O2/c1-14-5-2-3-6-15(14)13-25-20-10-9-16(23)11-19(20)21(27)26(22(25)28)18-8-4-7-17(24)12-18/h2-8,12,16,19-20H,9-11,13H2,1H3. The summed E-state index contributed by atoms with van der Waals surface area (Å²) in [5.41, 5.74) is 2.79. The first kappa shape index (κ1) is 19.5. The number of hydrogen-bond acceptors (Lipinski definition) is 2. The van der Waals surface area contributed by atoms with Gasteiger partial charge in [0.2, 0.25) is 5.91 Å². The third kappa shape index (κ3) is 3.58. The van der Waals surface area contributed by atoms with Crippen LogP contribution in [-0.2, 0) is 11.3 Å². The minimum atomic E-state index is -0.259. The number of hydrogen-bond donors (Lipinski definition) is 0. The van der Waals surface area contributed by atoms with Gasteiger partial charge in [-0.05, 0) is 55.5 Å². The second kappa shape index (κ2) is 7.88. The molecule has 3 atom stereocenters. The van der Waals surface area contributed by atoms with Gasteiger partial charge < -0.3 is 4.90 Å². The summed E-state index contributed by atoms with van der Waals surface area (Å²) < 4.78 is 0. The molecule has 1 heterocycles. The minimum Gasteiger partial charge on any atom is -0.316 e. The Balaban J connectivity index is 1.74. The van der Waals surface area contributed by atoms with Crippen LogP contribution in [0.25, 0.3) is 0 Å². The van der Waals surface area contributed by atoms with Crippen molar-refractivity contribution in [1.29, 1.82) is 0 Å². The maximum absolute atomic E-state index is 13.5. The first-order chi connectivity index (χ1) is 13.5. The van der Waals surface area contributed by atoms with Crippen LogP contribution < -0.4 is 4.90 Å². The maximum Gasteiger partial charge on any atom is 0.331 e. The summed E-state index contributed by atoms with van der Waals surface area (Å²) in [5.74, 6) is -0.332. The van der Waals surface area contributed by atoms with Crippen molar-refractivity contribution < 1.29 is 9.59 Å². The van der Waals surface area contributed by atoms with Crippen molar-refractivity contribution >= 4 is 45.2 Å². The Labute approximate surface area is 178 Å². The van der Waals surface area contributed by atoms with Crippen molar-refractivity contribution in [3.8, 4) is 0 Å². The zero-order chi connectivity index (χ0) is 19.8. The lowest BCUT2D eigenvalue weighted by atomic mass is 9.80. The van der Waals surface area contributed by atoms with Crippen molar-refractivity contribution in [3.63, 3.8) is 0 Å². The van der Waals surface area contributed by atoms with E-state index in [0.29, 0.717) is 22.1 Å². The third-order valence-corrected chi connectivity index (χ3v) is 6.86. The number of imide groups is 1. The van der Waals surface area contributed by atoms with Crippen molar-refractivity contribution in [2.24, 2.45) is 5.92 Å². The van der Waals surface area contributed by atoms with Crippen LogP contribution in [0.1, 0.15) is 30.4 Å². The molecule has 3 amide bonds. The van der Waals surface area contributed by atoms with E-state index in [1.807, 2.05) is 23.1 Å². The number of fused-ring (bicyclic) bond motifs is 1. The minimum absolute atomic E-state index is 0.0659. The molecule has 3 unspecified atom stereocenters. The van der Waals surface area contributed by atoms with Gasteiger partial charge in [0.05, 0.1) is 11.6 Å². The molecule has 28 heavy (non-hydrogen) atoms. The van der Waals surface area contributed by atoms with Crippen molar-refractivity contribution in [3.05, 3.63) is 64.7 Å². The summed E-state index contributed by atoms with van der Waals surface area (Å²) in [6, 6.07) is 14.7. The molecular formula is C22H22BrClN2O2. The zero-order valence-electron chi connectivity index (χ0n) is 15.6. The van der Waals surface area contributed by atoms with Crippen molar-refractivity contribution in [1.82, 2.24) is 4.90 Å². The lowest BCUT2D eigenvalue weighted by Gasteiger charge is -2.47. The highest BCUT2D eigenvalue weighted by Crippen LogP contribution is 2.39. The maximum atomic E-state index is 13.5. The molecule has 1 saturated carbocycles. The van der Waals surface area contributed by atoms with Gasteiger partial charge in [-0.1, -0.05) is 57.9 Å². The van der Waals surface area contributed by atoms with E-state index in [-0.39, 0.29) is 23.9 Å². The topological polar surface area (TPSA) is 40.6 Å². The number of amides is 3. The molecule has 2 fully saturated rings. The zero-order valence-corrected chi connectivity index (χ0v) is 18.0. The molecule has 1 aliphatic heterocycles. The molecule has 2 aromatic rings. The molecule has 0 aromatic heterocycles. The number of carbonyl (C=O) groups is 2. The van der Waals surface area contributed by atoms with Crippen LogP contribution >= 0.6 is 27.5 Å². The highest BCUT2D eigenvalue weighted by Gasteiger charge is 2.49. The van der Waals surface area contributed by atoms with Crippen LogP contribution in [0, 0.1) is 12.8 Å². The number of carbonyl (C=O) groups excluding carboxylic acids is 2. The van der Waals surface area contributed by atoms with E-state index in [1.54, 1.807) is 24.3 Å². The first-order valence-corrected chi connectivity index (χ1v) is 10.8. The Hall–Kier alpha value is -1.85. The molecule has 146 valence electrons. The predicted molar refractivity (Wildman–Crippen MR) is 115 cm³/mol. The lowest BCUT2D eigenvalue weighted by molar-refractivity contribution is -0.126. The van der Waals surface area contributed by atoms with E-state index in [9.17, 15) is 9.59 Å². The summed E-state index contributed by atoms with van der Waals surface area (Å²) in [6.45, 7) is 2.56. The fourth-order valence-electron chi connectivity index (χ4n) is 4.28. The first-order valence-electron chi connectivity index (χ1n) is 9.54. The monoisotopic (exact) mass is 460 g/mol. The fraction of sp³-hybridized carbons (Fsp3) is 0.364. The van der Waals surface area contributed by atoms with Gasteiger partial charge in [-0.15, -0.1) is 0 Å². The van der Waals surface area contributed by atoms with Crippen LogP contribution in [0.5, 0.6) is 0 Å². The average Bonchev–Trinajstić information content (AvgIpc) is 2.67. The Morgan fingerprint density at radius 1 is 1.11 bits per heavy atom. The summed E-state index contributed by atoms with van der Waals surface area (Å²) in [7, 11) is 0. The van der Waals surface area contributed by atoms with Gasteiger partial charge in [0.1, 0.15) is 0 Å². The van der Waals surface area contributed by atoms with E-state index in [1.165, 1.54) is 4.90 Å². The quantitative estimate of drug-likeness (QED) is 0.562. The summed E-state index contributed by atoms with van der Waals surface area (Å²) in [4.78, 5) is 30.3. The van der Waals surface area contributed by atoms with Gasteiger partial charge >= 0.3 is 6.03 Å². The number of benzene rings is 2. The van der Waals surface area contributed by atoms with Crippen LogP contribution in [-0.4, -0.2) is 27.7 Å². The van der Waals surface area contributed by atoms with Gasteiger partial charge in [-0.25, -0.2) is 9.69 Å². The van der Waals surface area contributed by atoms with Crippen LogP contribution in [0.3, 0.4) is 0 Å². The normalized spacial score (nSPS) is 25.0. The predicted octanol–water partition coefficient (Wildman–Crippen LogP) is 5.55. The van der Waals surface area contributed by atoms with Gasteiger partial charge in [-0.3, -0.25) is 4.79 Å². The van der Waals surface area contributed by atoms with Gasteiger partial charge in [-0.2, -0.15) is 0 Å². The number of halogens is 2. The SMILES string of the molecule is Cc1ccccc1CN1C(=O)N(c2cccc(Cl)c2)C(=O)C2CC(Br)CCC21. The van der Waals surface area contributed by atoms with Gasteiger partial charge in [0.25, 0.3) is 0 Å². The highest BCUT2D eigenvalue weighted by molar-refractivity contribution is 9.09. The molecule has 2 aliphatic rings. The molecule has 0 N–H and O–H groups in total. The second-order valence-electron chi connectivity index (χ2n) is 7.57. The van der Waals surface area contributed by atoms with E-state index >= 15 is 0 Å². The van der Waals surface area contributed by atoms with Gasteiger partial charge in [0.15, 0.2) is 0 Å². The number of urea groups is 1. The Kier molecular flexibility index (Phi) is 5.48. The molecule has 2 aromatic carbocycles. The van der Waals surface area contributed by atoms with Crippen LogP contribution in [0.15, 0.2) is 48.5 Å². The van der Waals surface area contributed by atoms with E-state index < -0.39 is 0 Å². The van der Waals surface area contributed by atoms with E-state index in [4.69, 9.17) is 11.6 Å². The molecule has 4 nitrogen and oxygen atoms in total. The molecule has 1 saturated heterocycles. The Morgan fingerprint density at radius 3 is 2.64 bits per heavy atom. The largest absolute Gasteiger partial charge is 0.331 e. The highest BCUT2D eigenvalue weighted by atomic mass is 79.9. The van der Waals surface area contributed by atoms with E-state index in [0.717, 1.165) is 30.4 Å². The number of aryl methyl sites for hydroxylation is 1. The average molecular weight is 462 g/mol. The summed E-state index contributed by atoms with van der Waals surface area (Å²) in [5, 5.41) is 0.507. The van der Waals surface area contributed by atoms with Crippen molar-refractivity contribution in [2.75, 3.05) is 4.90 Å². The number of nitrogens with zero attached hydrogens (tertiary/aromatic N) is 2. The molecular weight excluding hydrogens is 440 g/mol. The van der Waals surface area contributed by atoms with E-state index in [2.05, 4.69) is 28.9 Å². The lowest BCUT2D eigenvalue weighted by Crippen LogP contribution is -2.63. The van der Waals surface area contributed by atoms with Gasteiger partial charge in [0, 0.05) is 22.4 Å². The molecule has 0 radical (unpaired) electrons. The Bertz CT molecular complexity index is 919. The molecule has 0 spiro atoms. The fourth-order valence-corrected chi connectivity index (χ4v) is 5.13. The molecule has 1 aliphatic carbocycles. The second-order valence-corrected chi connectivity index (χ2v) is 9.31. The smallest absolute Gasteiger partial charge is 0.316 e. The van der Waals surface area contributed by atoms with Crippen LogP contribution in [0.2, 0.25) is 5.02 Å². The Morgan fingerprint density at radius 2 is 1.89 bits per heavy atom. The molecule has 4 rings (SSSR count). The van der Waals surface area contributed by atoms with Crippen LogP contribution in [0.4, 0.5) is 10.5 Å². The number of alkyl halides is 1. The summed E-state index contributed by atoms with van der Waals surface area (Å²) in [6.07, 6.45) is 2.52. The molecule has 6 heteroatoms. The summed E-state index contributed by atoms with van der Waals surface area (Å²) >= 11 is 9.82. The third-order valence-electron chi connectivity index (χ3n) is 5.79. The van der Waals surface area contributed by atoms with Crippen molar-refractivity contribution in [2.45, 2.75) is 43.6 Å². The number of anilines is 1. The number of rotatable bonds is 3.